The Hall–Kier alpha value is -3.73. The van der Waals surface area contributed by atoms with E-state index in [2.05, 4.69) is 17.2 Å². The molecular weight excluding hydrogens is 474 g/mol. The molecule has 34 heavy (non-hydrogen) atoms. The minimum atomic E-state index is -3.73. The monoisotopic (exact) mass is 493 g/mol. The number of carbonyl (C=O) groups excluding carboxylic acids is 2. The number of benzene rings is 2. The minimum absolute atomic E-state index is 0.129. The summed E-state index contributed by atoms with van der Waals surface area (Å²) >= 11 is 1.35. The molecule has 10 heteroatoms. The maximum atomic E-state index is 13.1. The number of anilines is 2. The zero-order valence-corrected chi connectivity index (χ0v) is 19.4. The summed E-state index contributed by atoms with van der Waals surface area (Å²) in [6, 6.07) is 16.8. The normalized spacial score (nSPS) is 13.5. The van der Waals surface area contributed by atoms with Crippen LogP contribution in [-0.2, 0) is 27.9 Å². The van der Waals surface area contributed by atoms with Gasteiger partial charge in [0.05, 0.1) is 9.90 Å². The van der Waals surface area contributed by atoms with E-state index in [9.17, 15) is 18.0 Å². The van der Waals surface area contributed by atoms with Crippen LogP contribution >= 0.6 is 11.3 Å². The standard InChI is InChI=1S/C24H19N3O5S2/c1-2-22(28)26-23-12-16-13-27(14-21(16)33-23)34(30,31)18-9-7-17(8-10-18)25-24(29)20-11-15-5-3-4-6-19(15)32-20/h2-12H,1,13-14H2,(H,25,29)(H,26,28). The van der Waals surface area contributed by atoms with Crippen molar-refractivity contribution in [2.75, 3.05) is 10.6 Å². The van der Waals surface area contributed by atoms with E-state index in [4.69, 9.17) is 4.42 Å². The number of nitrogens with one attached hydrogen (secondary N) is 2. The van der Waals surface area contributed by atoms with Crippen molar-refractivity contribution in [1.82, 2.24) is 4.31 Å². The van der Waals surface area contributed by atoms with Gasteiger partial charge in [0.1, 0.15) is 5.58 Å². The molecule has 0 unspecified atom stereocenters. The second-order valence-electron chi connectivity index (χ2n) is 7.65. The number of nitrogens with zero attached hydrogens (tertiary/aromatic N) is 1. The summed E-state index contributed by atoms with van der Waals surface area (Å²) in [5, 5.41) is 6.91. The molecule has 2 aromatic carbocycles. The fraction of sp³-hybridized carbons (Fsp3) is 0.0833. The van der Waals surface area contributed by atoms with Crippen LogP contribution in [-0.4, -0.2) is 24.5 Å². The number of furan rings is 1. The molecule has 0 fully saturated rings. The molecule has 3 heterocycles. The van der Waals surface area contributed by atoms with Crippen LogP contribution in [0.15, 0.2) is 82.6 Å². The van der Waals surface area contributed by atoms with E-state index >= 15 is 0 Å². The van der Waals surface area contributed by atoms with Gasteiger partial charge in [0.2, 0.25) is 15.9 Å². The fourth-order valence-corrected chi connectivity index (χ4v) is 6.25. The molecule has 2 aromatic heterocycles. The number of fused-ring (bicyclic) bond motifs is 2. The fourth-order valence-electron chi connectivity index (χ4n) is 3.69. The third kappa shape index (κ3) is 4.14. The molecule has 0 atom stereocenters. The van der Waals surface area contributed by atoms with E-state index in [0.29, 0.717) is 16.3 Å². The number of sulfonamides is 1. The lowest BCUT2D eigenvalue weighted by atomic mass is 10.2. The lowest BCUT2D eigenvalue weighted by molar-refractivity contribution is -0.111. The molecule has 5 rings (SSSR count). The molecule has 172 valence electrons. The van der Waals surface area contributed by atoms with Gasteiger partial charge in [-0.15, -0.1) is 11.3 Å². The van der Waals surface area contributed by atoms with Crippen molar-refractivity contribution in [2.45, 2.75) is 18.0 Å². The number of thiophene rings is 1. The van der Waals surface area contributed by atoms with Crippen molar-refractivity contribution in [1.29, 1.82) is 0 Å². The molecule has 0 bridgehead atoms. The molecule has 2 N–H and O–H groups in total. The first-order chi connectivity index (χ1) is 16.3. The molecule has 8 nitrogen and oxygen atoms in total. The van der Waals surface area contributed by atoms with Crippen LogP contribution < -0.4 is 10.6 Å². The Kier molecular flexibility index (Phi) is 5.56. The summed E-state index contributed by atoms with van der Waals surface area (Å²) in [4.78, 5) is 25.0. The van der Waals surface area contributed by atoms with E-state index in [-0.39, 0.29) is 29.7 Å². The Bertz CT molecular complexity index is 1480. The molecule has 2 amide bonds. The summed E-state index contributed by atoms with van der Waals surface area (Å²) in [6.07, 6.45) is 1.18. The van der Waals surface area contributed by atoms with Crippen LogP contribution in [0.5, 0.6) is 0 Å². The number of rotatable bonds is 6. The van der Waals surface area contributed by atoms with Crippen molar-refractivity contribution in [3.05, 3.63) is 89.5 Å². The number of para-hydroxylation sites is 1. The van der Waals surface area contributed by atoms with Crippen molar-refractivity contribution >= 4 is 54.8 Å². The Balaban J connectivity index is 1.26. The first-order valence-electron chi connectivity index (χ1n) is 10.3. The zero-order valence-electron chi connectivity index (χ0n) is 17.8. The largest absolute Gasteiger partial charge is 0.451 e. The van der Waals surface area contributed by atoms with Gasteiger partial charge in [-0.25, -0.2) is 8.42 Å². The van der Waals surface area contributed by atoms with Crippen LogP contribution in [0, 0.1) is 0 Å². The highest BCUT2D eigenvalue weighted by Gasteiger charge is 2.32. The van der Waals surface area contributed by atoms with Crippen LogP contribution in [0.2, 0.25) is 0 Å². The van der Waals surface area contributed by atoms with Gasteiger partial charge in [-0.1, -0.05) is 24.8 Å². The van der Waals surface area contributed by atoms with Gasteiger partial charge in [-0.3, -0.25) is 9.59 Å². The highest BCUT2D eigenvalue weighted by Crippen LogP contribution is 2.37. The number of carbonyl (C=O) groups is 2. The van der Waals surface area contributed by atoms with E-state index in [1.165, 1.54) is 33.9 Å². The maximum absolute atomic E-state index is 13.1. The summed E-state index contributed by atoms with van der Waals surface area (Å²) in [6.45, 7) is 3.88. The van der Waals surface area contributed by atoms with Crippen molar-refractivity contribution in [2.24, 2.45) is 0 Å². The van der Waals surface area contributed by atoms with E-state index < -0.39 is 15.9 Å². The SMILES string of the molecule is C=CC(=O)Nc1cc2c(s1)CN(S(=O)(=O)c1ccc(NC(=O)c3cc4ccccc4o3)cc1)C2. The van der Waals surface area contributed by atoms with Gasteiger partial charge in [0, 0.05) is 29.0 Å². The van der Waals surface area contributed by atoms with E-state index in [0.717, 1.165) is 15.8 Å². The second-order valence-corrected chi connectivity index (χ2v) is 10.7. The zero-order chi connectivity index (χ0) is 23.9. The van der Waals surface area contributed by atoms with Crippen LogP contribution in [0.1, 0.15) is 21.0 Å². The van der Waals surface area contributed by atoms with E-state index in [1.54, 1.807) is 30.3 Å². The predicted octanol–water partition coefficient (Wildman–Crippen LogP) is 4.58. The van der Waals surface area contributed by atoms with Gasteiger partial charge < -0.3 is 15.1 Å². The summed E-state index contributed by atoms with van der Waals surface area (Å²) in [7, 11) is -3.73. The lowest BCUT2D eigenvalue weighted by Gasteiger charge is -2.16. The van der Waals surface area contributed by atoms with Gasteiger partial charge >= 0.3 is 0 Å². The van der Waals surface area contributed by atoms with Crippen molar-refractivity contribution in [3.8, 4) is 0 Å². The molecule has 1 aliphatic rings. The predicted molar refractivity (Wildman–Crippen MR) is 130 cm³/mol. The van der Waals surface area contributed by atoms with Crippen LogP contribution in [0.25, 0.3) is 11.0 Å². The Morgan fingerprint density at radius 1 is 1.03 bits per heavy atom. The summed E-state index contributed by atoms with van der Waals surface area (Å²) in [5.41, 5.74) is 1.93. The lowest BCUT2D eigenvalue weighted by Crippen LogP contribution is -2.25. The van der Waals surface area contributed by atoms with Gasteiger partial charge in [-0.2, -0.15) is 4.31 Å². The number of hydrogen-bond acceptors (Lipinski definition) is 6. The Morgan fingerprint density at radius 2 is 1.79 bits per heavy atom. The summed E-state index contributed by atoms with van der Waals surface area (Å²) in [5.74, 6) is -0.559. The topological polar surface area (TPSA) is 109 Å². The molecule has 0 spiro atoms. The van der Waals surface area contributed by atoms with Gasteiger partial charge in [0.15, 0.2) is 5.76 Å². The third-order valence-corrected chi connectivity index (χ3v) is 8.28. The quantitative estimate of drug-likeness (QED) is 0.382. The molecule has 1 aliphatic heterocycles. The third-order valence-electron chi connectivity index (χ3n) is 5.39. The number of hydrogen-bond donors (Lipinski definition) is 2. The smallest absolute Gasteiger partial charge is 0.291 e. The Labute approximate surface area is 199 Å². The average Bonchev–Trinajstić information content (AvgIpc) is 3.52. The molecule has 0 saturated carbocycles. The van der Waals surface area contributed by atoms with Crippen molar-refractivity contribution in [3.63, 3.8) is 0 Å². The minimum Gasteiger partial charge on any atom is -0.451 e. The molecule has 4 aromatic rings. The Morgan fingerprint density at radius 3 is 2.50 bits per heavy atom. The number of amides is 2. The molecular formula is C24H19N3O5S2. The van der Waals surface area contributed by atoms with Crippen LogP contribution in [0.3, 0.4) is 0 Å². The maximum Gasteiger partial charge on any atom is 0.291 e. The first kappa shape index (κ1) is 22.1. The highest BCUT2D eigenvalue weighted by molar-refractivity contribution is 7.89. The average molecular weight is 494 g/mol. The molecule has 0 radical (unpaired) electrons. The van der Waals surface area contributed by atoms with Gasteiger partial charge in [0.25, 0.3) is 5.91 Å². The summed E-state index contributed by atoms with van der Waals surface area (Å²) < 4.78 is 33.2. The second kappa shape index (κ2) is 8.56. The van der Waals surface area contributed by atoms with Gasteiger partial charge in [-0.05, 0) is 54.1 Å². The highest BCUT2D eigenvalue weighted by atomic mass is 32.2. The van der Waals surface area contributed by atoms with E-state index in [1.807, 2.05) is 18.2 Å². The molecule has 0 saturated heterocycles. The van der Waals surface area contributed by atoms with Crippen LogP contribution in [0.4, 0.5) is 10.7 Å². The molecule has 0 aliphatic carbocycles. The first-order valence-corrected chi connectivity index (χ1v) is 12.5. The van der Waals surface area contributed by atoms with Crippen molar-refractivity contribution < 1.29 is 22.4 Å².